The molecule has 100 valence electrons. The minimum atomic E-state index is 0.539. The first-order chi connectivity index (χ1) is 9.20. The quantitative estimate of drug-likeness (QED) is 0.934. The van der Waals surface area contributed by atoms with Crippen molar-refractivity contribution in [1.82, 2.24) is 14.8 Å². The highest BCUT2D eigenvalue weighted by molar-refractivity contribution is 6.31. The molecule has 1 heterocycles. The van der Waals surface area contributed by atoms with E-state index < -0.39 is 0 Å². The normalized spacial score (nSPS) is 14.9. The zero-order valence-electron chi connectivity index (χ0n) is 10.9. The Kier molecular flexibility index (Phi) is 3.29. The SMILES string of the molecule is Cc1c(Cl)cccc1-n1nc(C2CC2)nc1CCN. The summed E-state index contributed by atoms with van der Waals surface area (Å²) in [5.41, 5.74) is 7.69. The summed E-state index contributed by atoms with van der Waals surface area (Å²) in [6, 6.07) is 5.85. The van der Waals surface area contributed by atoms with Crippen LogP contribution in [0.15, 0.2) is 18.2 Å². The van der Waals surface area contributed by atoms with Gasteiger partial charge >= 0.3 is 0 Å². The third-order valence-electron chi connectivity index (χ3n) is 3.47. The molecular formula is C14H17ClN4. The molecule has 2 N–H and O–H groups in total. The molecule has 0 bridgehead atoms. The van der Waals surface area contributed by atoms with Gasteiger partial charge in [-0.25, -0.2) is 9.67 Å². The highest BCUT2D eigenvalue weighted by Gasteiger charge is 2.29. The Balaban J connectivity index is 2.09. The van der Waals surface area contributed by atoms with Crippen LogP contribution in [0.3, 0.4) is 0 Å². The van der Waals surface area contributed by atoms with Crippen LogP contribution >= 0.6 is 11.6 Å². The number of aromatic nitrogens is 3. The smallest absolute Gasteiger partial charge is 0.154 e. The maximum Gasteiger partial charge on any atom is 0.154 e. The van der Waals surface area contributed by atoms with Crippen LogP contribution in [0.2, 0.25) is 5.02 Å². The van der Waals surface area contributed by atoms with Crippen molar-refractivity contribution in [3.8, 4) is 5.69 Å². The van der Waals surface area contributed by atoms with Crippen LogP contribution in [0.5, 0.6) is 0 Å². The summed E-state index contributed by atoms with van der Waals surface area (Å²) in [6.07, 6.45) is 3.12. The lowest BCUT2D eigenvalue weighted by atomic mass is 10.2. The average Bonchev–Trinajstić information content (AvgIpc) is 3.16. The molecule has 0 spiro atoms. The Morgan fingerprint density at radius 2 is 2.21 bits per heavy atom. The van der Waals surface area contributed by atoms with Crippen LogP contribution < -0.4 is 5.73 Å². The van der Waals surface area contributed by atoms with Crippen LogP contribution in [0.1, 0.15) is 36.0 Å². The number of rotatable bonds is 4. The van der Waals surface area contributed by atoms with E-state index in [1.54, 1.807) is 0 Å². The third-order valence-corrected chi connectivity index (χ3v) is 3.88. The van der Waals surface area contributed by atoms with E-state index >= 15 is 0 Å². The van der Waals surface area contributed by atoms with Gasteiger partial charge in [0, 0.05) is 17.4 Å². The maximum absolute atomic E-state index is 6.19. The van der Waals surface area contributed by atoms with E-state index in [0.717, 1.165) is 34.3 Å². The Bertz CT molecular complexity index is 601. The fourth-order valence-electron chi connectivity index (χ4n) is 2.19. The highest BCUT2D eigenvalue weighted by atomic mass is 35.5. The van der Waals surface area contributed by atoms with Gasteiger partial charge in [-0.3, -0.25) is 0 Å². The summed E-state index contributed by atoms with van der Waals surface area (Å²) in [7, 11) is 0. The molecule has 3 rings (SSSR count). The van der Waals surface area contributed by atoms with Gasteiger partial charge in [-0.05, 0) is 44.0 Å². The molecule has 0 atom stereocenters. The van der Waals surface area contributed by atoms with Crippen LogP contribution in [-0.2, 0) is 6.42 Å². The Hall–Kier alpha value is -1.39. The van der Waals surface area contributed by atoms with Gasteiger partial charge in [0.25, 0.3) is 0 Å². The zero-order valence-corrected chi connectivity index (χ0v) is 11.7. The molecule has 0 saturated heterocycles. The lowest BCUT2D eigenvalue weighted by molar-refractivity contribution is 0.766. The molecule has 4 nitrogen and oxygen atoms in total. The van der Waals surface area contributed by atoms with Crippen molar-refractivity contribution in [2.24, 2.45) is 5.73 Å². The minimum absolute atomic E-state index is 0.539. The summed E-state index contributed by atoms with van der Waals surface area (Å²) in [5, 5.41) is 5.40. The average molecular weight is 277 g/mol. The number of nitrogens with two attached hydrogens (primary N) is 1. The molecule has 1 aliphatic rings. The first kappa shape index (κ1) is 12.6. The van der Waals surface area contributed by atoms with E-state index in [9.17, 15) is 0 Å². The number of hydrogen-bond acceptors (Lipinski definition) is 3. The zero-order chi connectivity index (χ0) is 13.4. The predicted molar refractivity (Wildman–Crippen MR) is 75.8 cm³/mol. The van der Waals surface area contributed by atoms with Crippen LogP contribution in [0, 0.1) is 6.92 Å². The molecule has 0 aliphatic heterocycles. The summed E-state index contributed by atoms with van der Waals surface area (Å²) in [4.78, 5) is 4.64. The fourth-order valence-corrected chi connectivity index (χ4v) is 2.36. The molecule has 1 aromatic heterocycles. The van der Waals surface area contributed by atoms with Crippen LogP contribution in [0.4, 0.5) is 0 Å². The molecule has 1 saturated carbocycles. The summed E-state index contributed by atoms with van der Waals surface area (Å²) < 4.78 is 1.90. The second-order valence-corrected chi connectivity index (χ2v) is 5.40. The Morgan fingerprint density at radius 3 is 2.89 bits per heavy atom. The van der Waals surface area contributed by atoms with Crippen LogP contribution in [0.25, 0.3) is 5.69 Å². The minimum Gasteiger partial charge on any atom is -0.330 e. The van der Waals surface area contributed by atoms with Crippen molar-refractivity contribution < 1.29 is 0 Å². The molecular weight excluding hydrogens is 260 g/mol. The third kappa shape index (κ3) is 2.38. The second-order valence-electron chi connectivity index (χ2n) is 4.99. The number of benzene rings is 1. The molecule has 0 unspecified atom stereocenters. The molecule has 2 aromatic rings. The molecule has 1 fully saturated rings. The summed E-state index contributed by atoms with van der Waals surface area (Å²) >= 11 is 6.19. The maximum atomic E-state index is 6.19. The molecule has 0 amide bonds. The van der Waals surface area contributed by atoms with E-state index in [1.807, 2.05) is 29.8 Å². The lowest BCUT2D eigenvalue weighted by Gasteiger charge is -2.09. The molecule has 0 radical (unpaired) electrons. The predicted octanol–water partition coefficient (Wildman–Crippen LogP) is 2.61. The second kappa shape index (κ2) is 4.94. The van der Waals surface area contributed by atoms with Crippen molar-refractivity contribution >= 4 is 11.6 Å². The number of nitrogens with zero attached hydrogens (tertiary/aromatic N) is 3. The van der Waals surface area contributed by atoms with Gasteiger partial charge in [-0.1, -0.05) is 17.7 Å². The standard InChI is InChI=1S/C14H17ClN4/c1-9-11(15)3-2-4-12(9)19-13(7-8-16)17-14(18-19)10-5-6-10/h2-4,10H,5-8,16H2,1H3. The van der Waals surface area contributed by atoms with Crippen LogP contribution in [-0.4, -0.2) is 21.3 Å². The Labute approximate surface area is 117 Å². The van der Waals surface area contributed by atoms with Gasteiger partial charge in [0.05, 0.1) is 5.69 Å². The van der Waals surface area contributed by atoms with Crippen molar-refractivity contribution in [2.45, 2.75) is 32.1 Å². The summed E-state index contributed by atoms with van der Waals surface area (Å²) in [5.74, 6) is 2.41. The van der Waals surface area contributed by atoms with Gasteiger partial charge in [0.1, 0.15) is 5.82 Å². The van der Waals surface area contributed by atoms with Crippen molar-refractivity contribution in [2.75, 3.05) is 6.54 Å². The summed E-state index contributed by atoms with van der Waals surface area (Å²) in [6.45, 7) is 2.57. The van der Waals surface area contributed by atoms with Gasteiger partial charge in [-0.2, -0.15) is 5.10 Å². The van der Waals surface area contributed by atoms with E-state index in [-0.39, 0.29) is 0 Å². The van der Waals surface area contributed by atoms with Crippen molar-refractivity contribution in [3.05, 3.63) is 40.4 Å². The first-order valence-electron chi connectivity index (χ1n) is 6.62. The van der Waals surface area contributed by atoms with Gasteiger partial charge in [0.15, 0.2) is 5.82 Å². The van der Waals surface area contributed by atoms with E-state index in [2.05, 4.69) is 10.1 Å². The first-order valence-corrected chi connectivity index (χ1v) is 7.00. The fraction of sp³-hybridized carbons (Fsp3) is 0.429. The van der Waals surface area contributed by atoms with Gasteiger partial charge < -0.3 is 5.73 Å². The van der Waals surface area contributed by atoms with Crippen molar-refractivity contribution in [1.29, 1.82) is 0 Å². The molecule has 1 aromatic carbocycles. The van der Waals surface area contributed by atoms with E-state index in [0.29, 0.717) is 12.5 Å². The van der Waals surface area contributed by atoms with E-state index in [1.165, 1.54) is 12.8 Å². The van der Waals surface area contributed by atoms with Gasteiger partial charge in [-0.15, -0.1) is 0 Å². The molecule has 1 aliphatic carbocycles. The molecule has 5 heteroatoms. The Morgan fingerprint density at radius 1 is 1.42 bits per heavy atom. The lowest BCUT2D eigenvalue weighted by Crippen LogP contribution is -2.10. The van der Waals surface area contributed by atoms with Crippen molar-refractivity contribution in [3.63, 3.8) is 0 Å². The highest BCUT2D eigenvalue weighted by Crippen LogP contribution is 2.38. The topological polar surface area (TPSA) is 56.7 Å². The van der Waals surface area contributed by atoms with Gasteiger partial charge in [0.2, 0.25) is 0 Å². The molecule has 19 heavy (non-hydrogen) atoms. The number of hydrogen-bond donors (Lipinski definition) is 1. The largest absolute Gasteiger partial charge is 0.330 e. The number of halogens is 1. The monoisotopic (exact) mass is 276 g/mol. The van der Waals surface area contributed by atoms with E-state index in [4.69, 9.17) is 17.3 Å².